The smallest absolute Gasteiger partial charge is 0.254 e. The Balaban J connectivity index is 1.89. The van der Waals surface area contributed by atoms with Crippen molar-refractivity contribution in [3.63, 3.8) is 0 Å². The number of imidazole rings is 1. The highest BCUT2D eigenvalue weighted by Gasteiger charge is 2.23. The van der Waals surface area contributed by atoms with Crippen LogP contribution in [0.25, 0.3) is 11.0 Å². The average molecular weight is 366 g/mol. The Hall–Kier alpha value is -2.70. The van der Waals surface area contributed by atoms with Gasteiger partial charge in [0.05, 0.1) is 30.0 Å². The Morgan fingerprint density at radius 3 is 2.56 bits per heavy atom. The van der Waals surface area contributed by atoms with Gasteiger partial charge in [-0.15, -0.1) is 0 Å². The van der Waals surface area contributed by atoms with Crippen molar-refractivity contribution in [1.29, 1.82) is 0 Å². The fraction of sp³-hybridized carbons (Fsp3) is 0.333. The van der Waals surface area contributed by atoms with E-state index in [9.17, 15) is 4.79 Å². The lowest BCUT2D eigenvalue weighted by Crippen LogP contribution is -2.37. The van der Waals surface area contributed by atoms with E-state index in [1.165, 1.54) is 0 Å². The molecule has 0 fully saturated rings. The summed E-state index contributed by atoms with van der Waals surface area (Å²) < 4.78 is 1.88. The fourth-order valence-electron chi connectivity index (χ4n) is 3.30. The molecule has 1 atom stereocenters. The second-order valence-corrected chi connectivity index (χ2v) is 6.97. The van der Waals surface area contributed by atoms with Gasteiger partial charge in [-0.05, 0) is 37.9 Å². The highest BCUT2D eigenvalue weighted by molar-refractivity contribution is 5.97. The van der Waals surface area contributed by atoms with Crippen LogP contribution in [0.2, 0.25) is 0 Å². The molecule has 0 bridgehead atoms. The number of benzene rings is 2. The van der Waals surface area contributed by atoms with E-state index in [0.717, 1.165) is 23.1 Å². The zero-order chi connectivity index (χ0) is 19.4. The summed E-state index contributed by atoms with van der Waals surface area (Å²) in [6.45, 7) is 1.28. The van der Waals surface area contributed by atoms with E-state index in [2.05, 4.69) is 22.0 Å². The van der Waals surface area contributed by atoms with Crippen molar-refractivity contribution < 1.29 is 9.90 Å². The van der Waals surface area contributed by atoms with Gasteiger partial charge in [-0.2, -0.15) is 0 Å². The fourth-order valence-corrected chi connectivity index (χ4v) is 3.30. The predicted octanol–water partition coefficient (Wildman–Crippen LogP) is 2.40. The molecule has 142 valence electrons. The van der Waals surface area contributed by atoms with E-state index in [-0.39, 0.29) is 18.6 Å². The van der Waals surface area contributed by atoms with Crippen LogP contribution in [0.15, 0.2) is 54.9 Å². The molecule has 0 unspecified atom stereocenters. The van der Waals surface area contributed by atoms with Crippen molar-refractivity contribution in [3.8, 4) is 0 Å². The van der Waals surface area contributed by atoms with Crippen molar-refractivity contribution >= 4 is 16.9 Å². The van der Waals surface area contributed by atoms with Crippen molar-refractivity contribution in [2.75, 3.05) is 34.3 Å². The minimum absolute atomic E-state index is 0.0377. The summed E-state index contributed by atoms with van der Waals surface area (Å²) in [7, 11) is 5.86. The Kier molecular flexibility index (Phi) is 5.88. The molecule has 1 aromatic heterocycles. The normalized spacial score (nSPS) is 12.5. The molecule has 1 amide bonds. The molecule has 0 aliphatic heterocycles. The number of hydrogen-bond acceptors (Lipinski definition) is 4. The van der Waals surface area contributed by atoms with E-state index in [1.54, 1.807) is 11.2 Å². The van der Waals surface area contributed by atoms with Gasteiger partial charge in [0.25, 0.3) is 5.91 Å². The maximum Gasteiger partial charge on any atom is 0.254 e. The maximum absolute atomic E-state index is 13.1. The van der Waals surface area contributed by atoms with Crippen molar-refractivity contribution in [2.24, 2.45) is 0 Å². The molecule has 1 N–H and O–H groups in total. The van der Waals surface area contributed by atoms with Crippen LogP contribution in [0.5, 0.6) is 0 Å². The Morgan fingerprint density at radius 2 is 1.89 bits per heavy atom. The van der Waals surface area contributed by atoms with Gasteiger partial charge in [0.1, 0.15) is 0 Å². The number of aliphatic hydroxyl groups is 1. The number of aromatic nitrogens is 2. The third-order valence-corrected chi connectivity index (χ3v) is 4.72. The Morgan fingerprint density at radius 1 is 1.15 bits per heavy atom. The minimum atomic E-state index is -0.0451. The molecule has 0 saturated carbocycles. The van der Waals surface area contributed by atoms with Gasteiger partial charge in [-0.25, -0.2) is 4.98 Å². The first-order valence-corrected chi connectivity index (χ1v) is 9.04. The molecular formula is C21H26N4O2. The molecule has 3 rings (SSSR count). The maximum atomic E-state index is 13.1. The van der Waals surface area contributed by atoms with Crippen LogP contribution in [0.1, 0.15) is 22.0 Å². The number of likely N-dealkylation sites (N-methyl/N-ethyl adjacent to an activating group) is 2. The third kappa shape index (κ3) is 4.18. The van der Waals surface area contributed by atoms with Gasteiger partial charge in [0.15, 0.2) is 0 Å². The summed E-state index contributed by atoms with van der Waals surface area (Å²) in [5.74, 6) is -0.0377. The number of hydrogen-bond donors (Lipinski definition) is 1. The predicted molar refractivity (Wildman–Crippen MR) is 107 cm³/mol. The van der Waals surface area contributed by atoms with E-state index in [4.69, 9.17) is 5.11 Å². The lowest BCUT2D eigenvalue weighted by atomic mass is 10.0. The number of nitrogens with zero attached hydrogens (tertiary/aromatic N) is 4. The number of fused-ring (bicyclic) bond motifs is 1. The minimum Gasteiger partial charge on any atom is -0.395 e. The van der Waals surface area contributed by atoms with E-state index in [1.807, 2.05) is 62.1 Å². The topological polar surface area (TPSA) is 61.6 Å². The molecule has 6 nitrogen and oxygen atoms in total. The molecule has 0 aliphatic carbocycles. The summed E-state index contributed by atoms with van der Waals surface area (Å²) >= 11 is 0. The molecule has 0 aliphatic rings. The summed E-state index contributed by atoms with van der Waals surface area (Å²) in [4.78, 5) is 21.4. The van der Waals surface area contributed by atoms with E-state index < -0.39 is 0 Å². The van der Waals surface area contributed by atoms with Crippen LogP contribution in [-0.4, -0.2) is 64.7 Å². The van der Waals surface area contributed by atoms with Gasteiger partial charge in [0.2, 0.25) is 0 Å². The van der Waals surface area contributed by atoms with Gasteiger partial charge in [-0.1, -0.05) is 30.3 Å². The molecule has 6 heteroatoms. The second kappa shape index (κ2) is 8.33. The summed E-state index contributed by atoms with van der Waals surface area (Å²) in [6, 6.07) is 15.6. The number of rotatable bonds is 7. The quantitative estimate of drug-likeness (QED) is 0.698. The highest BCUT2D eigenvalue weighted by atomic mass is 16.3. The van der Waals surface area contributed by atoms with E-state index in [0.29, 0.717) is 12.1 Å². The van der Waals surface area contributed by atoms with Gasteiger partial charge in [-0.3, -0.25) is 4.79 Å². The number of amides is 1. The third-order valence-electron chi connectivity index (χ3n) is 4.72. The van der Waals surface area contributed by atoms with E-state index >= 15 is 0 Å². The monoisotopic (exact) mass is 366 g/mol. The highest BCUT2D eigenvalue weighted by Crippen LogP contribution is 2.23. The lowest BCUT2D eigenvalue weighted by Gasteiger charge is -2.31. The van der Waals surface area contributed by atoms with Crippen LogP contribution in [0.4, 0.5) is 0 Å². The molecule has 0 radical (unpaired) electrons. The summed E-state index contributed by atoms with van der Waals surface area (Å²) in [6.07, 6.45) is 1.69. The van der Waals surface area contributed by atoms with Crippen LogP contribution in [0, 0.1) is 0 Å². The molecule has 0 spiro atoms. The summed E-state index contributed by atoms with van der Waals surface area (Å²) in [5, 5.41) is 9.14. The average Bonchev–Trinajstić information content (AvgIpc) is 3.08. The van der Waals surface area contributed by atoms with Crippen LogP contribution >= 0.6 is 0 Å². The van der Waals surface area contributed by atoms with Crippen LogP contribution in [0.3, 0.4) is 0 Å². The van der Waals surface area contributed by atoms with Crippen molar-refractivity contribution in [3.05, 3.63) is 66.0 Å². The van der Waals surface area contributed by atoms with Crippen molar-refractivity contribution in [2.45, 2.75) is 12.6 Å². The lowest BCUT2D eigenvalue weighted by molar-refractivity contribution is 0.0705. The van der Waals surface area contributed by atoms with Crippen LogP contribution < -0.4 is 0 Å². The first-order chi connectivity index (χ1) is 13.0. The molecule has 1 heterocycles. The zero-order valence-corrected chi connectivity index (χ0v) is 16.0. The molecule has 27 heavy (non-hydrogen) atoms. The SMILES string of the molecule is CN(C)C[C@@H](c1ccccc1)N(C)C(=O)c1ccc2c(c1)ncn2CCO. The van der Waals surface area contributed by atoms with Gasteiger partial charge < -0.3 is 19.5 Å². The Labute approximate surface area is 159 Å². The number of aliphatic hydroxyl groups excluding tert-OH is 1. The zero-order valence-electron chi connectivity index (χ0n) is 16.0. The van der Waals surface area contributed by atoms with Crippen molar-refractivity contribution in [1.82, 2.24) is 19.4 Å². The van der Waals surface area contributed by atoms with Crippen LogP contribution in [-0.2, 0) is 6.54 Å². The number of carbonyl (C=O) groups is 1. The van der Waals surface area contributed by atoms with Gasteiger partial charge >= 0.3 is 0 Å². The largest absolute Gasteiger partial charge is 0.395 e. The molecular weight excluding hydrogens is 340 g/mol. The molecule has 2 aromatic carbocycles. The first-order valence-electron chi connectivity index (χ1n) is 9.04. The first kappa shape index (κ1) is 19.1. The second-order valence-electron chi connectivity index (χ2n) is 6.97. The number of carbonyl (C=O) groups excluding carboxylic acids is 1. The van der Waals surface area contributed by atoms with Gasteiger partial charge in [0, 0.05) is 25.7 Å². The summed E-state index contributed by atoms with van der Waals surface area (Å²) in [5.41, 5.74) is 3.39. The molecule has 0 saturated heterocycles. The molecule has 3 aromatic rings. The Bertz CT molecular complexity index is 905. The standard InChI is InChI=1S/C21H26N4O2/c1-23(2)14-20(16-7-5-4-6-8-16)24(3)21(27)17-9-10-19-18(13-17)22-15-25(19)11-12-26/h4-10,13,15,20,26H,11-12,14H2,1-3H3/t20-/m0/s1.